The van der Waals surface area contributed by atoms with Crippen molar-refractivity contribution in [3.63, 3.8) is 0 Å². The highest BCUT2D eigenvalue weighted by atomic mass is 15.1. The summed E-state index contributed by atoms with van der Waals surface area (Å²) in [6.45, 7) is 1.98. The van der Waals surface area contributed by atoms with Gasteiger partial charge in [-0.15, -0.1) is 0 Å². The molecule has 0 spiro atoms. The number of nitrogens with two attached hydrogens (primary N) is 1. The predicted octanol–water partition coefficient (Wildman–Crippen LogP) is 6.09. The molecule has 0 aromatic heterocycles. The SMILES string of the molecule is C/C=C(\C=N)C1C=CC(C2N=C(c3cc4ccccc4c4ccccc34)C=C(c3cc4ccccc4c4ccccc34)[NH2+]2)=[NH+]1. The molecule has 0 aliphatic carbocycles. The summed E-state index contributed by atoms with van der Waals surface area (Å²) in [7, 11) is 0. The number of hydrogen-bond donors (Lipinski definition) is 3. The molecule has 0 radical (unpaired) electrons. The fourth-order valence-electron chi connectivity index (χ4n) is 6.83. The number of benzene rings is 6. The van der Waals surface area contributed by atoms with Crippen LogP contribution in [0.5, 0.6) is 0 Å². The molecule has 2 aliphatic rings. The lowest BCUT2D eigenvalue weighted by atomic mass is 9.91. The van der Waals surface area contributed by atoms with E-state index in [0.717, 1.165) is 28.3 Å². The molecule has 8 rings (SSSR count). The van der Waals surface area contributed by atoms with Gasteiger partial charge in [-0.2, -0.15) is 0 Å². The van der Waals surface area contributed by atoms with Crippen LogP contribution in [0.4, 0.5) is 0 Å². The van der Waals surface area contributed by atoms with E-state index in [1.807, 2.05) is 13.0 Å². The number of nitrogens with one attached hydrogen (secondary N) is 2. The van der Waals surface area contributed by atoms with E-state index in [2.05, 4.69) is 138 Å². The quantitative estimate of drug-likeness (QED) is 0.167. The Morgan fingerprint density at radius 2 is 1.27 bits per heavy atom. The van der Waals surface area contributed by atoms with Crippen LogP contribution in [-0.4, -0.2) is 29.8 Å². The van der Waals surface area contributed by atoms with Gasteiger partial charge in [0, 0.05) is 35.1 Å². The summed E-state index contributed by atoms with van der Waals surface area (Å²) in [5.41, 5.74) is 6.43. The third kappa shape index (κ3) is 4.31. The first kappa shape index (κ1) is 26.2. The monoisotopic (exact) mass is 568 g/mol. The average molecular weight is 569 g/mol. The fourth-order valence-corrected chi connectivity index (χ4v) is 6.83. The minimum Gasteiger partial charge on any atom is -0.308 e. The normalized spacial score (nSPS) is 18.6. The molecule has 0 saturated carbocycles. The second-order valence-corrected chi connectivity index (χ2v) is 11.5. The van der Waals surface area contributed by atoms with Crippen molar-refractivity contribution >= 4 is 66.4 Å². The maximum absolute atomic E-state index is 7.89. The van der Waals surface area contributed by atoms with Crippen molar-refractivity contribution in [2.24, 2.45) is 4.99 Å². The van der Waals surface area contributed by atoms with Crippen LogP contribution in [0.15, 0.2) is 144 Å². The molecule has 2 heterocycles. The second-order valence-electron chi connectivity index (χ2n) is 11.5. The molecule has 4 heteroatoms. The third-order valence-corrected chi connectivity index (χ3v) is 9.00. The first-order chi connectivity index (χ1) is 21.7. The lowest BCUT2D eigenvalue weighted by Gasteiger charge is -2.20. The summed E-state index contributed by atoms with van der Waals surface area (Å²) in [4.78, 5) is 9.07. The predicted molar refractivity (Wildman–Crippen MR) is 185 cm³/mol. The van der Waals surface area contributed by atoms with Gasteiger partial charge in [0.05, 0.1) is 5.71 Å². The highest BCUT2D eigenvalue weighted by Gasteiger charge is 2.34. The molecule has 6 aromatic carbocycles. The summed E-state index contributed by atoms with van der Waals surface area (Å²) in [6.07, 6.45) is 9.76. The zero-order valence-electron chi connectivity index (χ0n) is 24.5. The number of rotatable bonds is 5. The third-order valence-electron chi connectivity index (χ3n) is 9.00. The number of fused-ring (bicyclic) bond motifs is 6. The van der Waals surface area contributed by atoms with Crippen LogP contribution in [0.3, 0.4) is 0 Å². The Labute approximate surface area is 256 Å². The van der Waals surface area contributed by atoms with Crippen LogP contribution in [0, 0.1) is 5.41 Å². The smallest absolute Gasteiger partial charge is 0.269 e. The van der Waals surface area contributed by atoms with Gasteiger partial charge in [-0.05, 0) is 68.2 Å². The van der Waals surface area contributed by atoms with Gasteiger partial charge in [-0.3, -0.25) is 5.32 Å². The van der Waals surface area contributed by atoms with Gasteiger partial charge in [0.2, 0.25) is 0 Å². The van der Waals surface area contributed by atoms with Crippen LogP contribution in [-0.2, 0) is 0 Å². The second kappa shape index (κ2) is 10.7. The summed E-state index contributed by atoms with van der Waals surface area (Å²) >= 11 is 0. The zero-order valence-corrected chi connectivity index (χ0v) is 24.5. The van der Waals surface area contributed by atoms with Crippen LogP contribution < -0.4 is 10.3 Å². The Morgan fingerprint density at radius 3 is 1.89 bits per heavy atom. The number of allylic oxidation sites excluding steroid dienone is 2. The number of quaternary nitrogens is 1. The molecule has 0 fully saturated rings. The molecule has 0 bridgehead atoms. The molecule has 2 aliphatic heterocycles. The maximum Gasteiger partial charge on any atom is 0.269 e. The average Bonchev–Trinajstić information content (AvgIpc) is 3.58. The van der Waals surface area contributed by atoms with E-state index in [9.17, 15) is 0 Å². The molecule has 4 N–H and O–H groups in total. The summed E-state index contributed by atoms with van der Waals surface area (Å²) in [5.74, 6) is 0. The Kier molecular flexibility index (Phi) is 6.36. The van der Waals surface area contributed by atoms with Gasteiger partial charge in [-0.1, -0.05) is 103 Å². The number of hydrogen-bond acceptors (Lipinski definition) is 2. The van der Waals surface area contributed by atoms with E-state index in [4.69, 9.17) is 10.4 Å². The minimum atomic E-state index is -0.203. The van der Waals surface area contributed by atoms with Crippen molar-refractivity contribution in [2.75, 3.05) is 0 Å². The highest BCUT2D eigenvalue weighted by molar-refractivity contribution is 6.24. The van der Waals surface area contributed by atoms with Crippen LogP contribution in [0.2, 0.25) is 0 Å². The Balaban J connectivity index is 1.37. The molecule has 210 valence electrons. The first-order valence-corrected chi connectivity index (χ1v) is 15.2. The number of aliphatic imine (C=N–C) groups is 1. The van der Waals surface area contributed by atoms with Gasteiger partial charge in [0.1, 0.15) is 5.70 Å². The molecule has 6 aromatic rings. The van der Waals surface area contributed by atoms with E-state index in [-0.39, 0.29) is 12.2 Å². The van der Waals surface area contributed by atoms with Crippen molar-refractivity contribution in [1.82, 2.24) is 0 Å². The Hall–Kier alpha value is -5.45. The fraction of sp³-hybridized carbons (Fsp3) is 0.0750. The van der Waals surface area contributed by atoms with E-state index < -0.39 is 0 Å². The summed E-state index contributed by atoms with van der Waals surface area (Å²) in [5, 5.41) is 20.0. The van der Waals surface area contributed by atoms with Gasteiger partial charge in [0.15, 0.2) is 6.04 Å². The van der Waals surface area contributed by atoms with Crippen molar-refractivity contribution in [1.29, 1.82) is 5.41 Å². The standard InChI is InChI=1S/C40H30N4/c1-2-25(24-41)36-19-20-37(42-36)40-43-38(34-21-26-11-3-5-13-28(26)30-15-7-9-17-32(30)34)23-39(44-40)35-22-27-12-4-6-14-29(27)31-16-8-10-18-33(31)35/h2-24,36,40-41,43H,1H3/p+2/b25-2+,41-24?. The van der Waals surface area contributed by atoms with Gasteiger partial charge in [0.25, 0.3) is 11.9 Å². The number of nitrogens with zero attached hydrogens (tertiary/aromatic N) is 1. The molecule has 4 nitrogen and oxygen atoms in total. The topological polar surface area (TPSA) is 66.8 Å². The first-order valence-electron chi connectivity index (χ1n) is 15.2. The van der Waals surface area contributed by atoms with Crippen LogP contribution in [0.25, 0.3) is 48.8 Å². The zero-order chi connectivity index (χ0) is 29.6. The van der Waals surface area contributed by atoms with Gasteiger partial charge in [-0.25, -0.2) is 9.98 Å². The molecule has 0 amide bonds. The van der Waals surface area contributed by atoms with E-state index in [1.54, 1.807) is 0 Å². The maximum atomic E-state index is 7.89. The molecule has 2 atom stereocenters. The van der Waals surface area contributed by atoms with Crippen molar-refractivity contribution in [3.8, 4) is 0 Å². The Bertz CT molecular complexity index is 2300. The van der Waals surface area contributed by atoms with Crippen molar-refractivity contribution in [3.05, 3.63) is 150 Å². The molecular weight excluding hydrogens is 536 g/mol. The minimum absolute atomic E-state index is 0.0306. The summed E-state index contributed by atoms with van der Waals surface area (Å²) < 4.78 is 0. The van der Waals surface area contributed by atoms with Crippen molar-refractivity contribution < 1.29 is 10.3 Å². The molecule has 2 unspecified atom stereocenters. The molecule has 44 heavy (non-hydrogen) atoms. The highest BCUT2D eigenvalue weighted by Crippen LogP contribution is 2.33. The van der Waals surface area contributed by atoms with E-state index in [0.29, 0.717) is 0 Å². The Morgan fingerprint density at radius 1 is 0.727 bits per heavy atom. The van der Waals surface area contributed by atoms with Crippen LogP contribution in [0.1, 0.15) is 18.1 Å². The van der Waals surface area contributed by atoms with Gasteiger partial charge < -0.3 is 5.41 Å². The van der Waals surface area contributed by atoms with Crippen LogP contribution >= 0.6 is 0 Å². The lowest BCUT2D eigenvalue weighted by molar-refractivity contribution is -0.595. The van der Waals surface area contributed by atoms with E-state index in [1.165, 1.54) is 54.9 Å². The van der Waals surface area contributed by atoms with Crippen molar-refractivity contribution in [2.45, 2.75) is 19.1 Å². The molecular formula is C40H32N4+2. The summed E-state index contributed by atoms with van der Waals surface area (Å²) in [6, 6.07) is 39.2. The van der Waals surface area contributed by atoms with Gasteiger partial charge >= 0.3 is 0 Å². The van der Waals surface area contributed by atoms with E-state index >= 15 is 0 Å². The molecule has 0 saturated heterocycles. The lowest BCUT2D eigenvalue weighted by Crippen LogP contribution is -2.94. The largest absolute Gasteiger partial charge is 0.308 e.